The van der Waals surface area contributed by atoms with Crippen molar-refractivity contribution in [3.63, 3.8) is 0 Å². The van der Waals surface area contributed by atoms with Gasteiger partial charge in [0, 0.05) is 31.4 Å². The van der Waals surface area contributed by atoms with Gasteiger partial charge in [-0.3, -0.25) is 0 Å². The lowest BCUT2D eigenvalue weighted by Crippen LogP contribution is -2.36. The zero-order chi connectivity index (χ0) is 13.8. The molecule has 1 aliphatic heterocycles. The van der Waals surface area contributed by atoms with Crippen molar-refractivity contribution >= 4 is 0 Å². The summed E-state index contributed by atoms with van der Waals surface area (Å²) in [5, 5.41) is 0. The van der Waals surface area contributed by atoms with Crippen molar-refractivity contribution in [1.29, 1.82) is 0 Å². The molecule has 0 saturated carbocycles. The van der Waals surface area contributed by atoms with Crippen molar-refractivity contribution in [1.82, 2.24) is 14.5 Å². The van der Waals surface area contributed by atoms with Gasteiger partial charge in [0.15, 0.2) is 0 Å². The van der Waals surface area contributed by atoms with Gasteiger partial charge in [0.1, 0.15) is 0 Å². The third-order valence-corrected chi connectivity index (χ3v) is 4.25. The maximum atomic E-state index is 6.29. The molecule has 1 aliphatic rings. The average Bonchev–Trinajstić information content (AvgIpc) is 2.88. The smallest absolute Gasteiger partial charge is 0.0951 e. The van der Waals surface area contributed by atoms with Crippen LogP contribution in [0.25, 0.3) is 0 Å². The summed E-state index contributed by atoms with van der Waals surface area (Å²) in [6.45, 7) is 10.2. The monoisotopic (exact) mass is 264 g/mol. The first-order valence-electron chi connectivity index (χ1n) is 7.63. The van der Waals surface area contributed by atoms with Crippen molar-refractivity contribution in [2.45, 2.75) is 52.1 Å². The molecule has 2 N–H and O–H groups in total. The SMILES string of the molecule is CCCN1CCC(n2cncc2C(N)C(C)C)CC1. The van der Waals surface area contributed by atoms with Crippen molar-refractivity contribution in [2.24, 2.45) is 11.7 Å². The number of nitrogens with zero attached hydrogens (tertiary/aromatic N) is 3. The minimum atomic E-state index is 0.0937. The van der Waals surface area contributed by atoms with Crippen LogP contribution in [0.15, 0.2) is 12.5 Å². The van der Waals surface area contributed by atoms with E-state index in [0.29, 0.717) is 12.0 Å². The van der Waals surface area contributed by atoms with E-state index in [0.717, 1.165) is 0 Å². The first-order chi connectivity index (χ1) is 9.13. The zero-order valence-electron chi connectivity index (χ0n) is 12.5. The molecule has 4 heteroatoms. The molecule has 0 amide bonds. The van der Waals surface area contributed by atoms with Crippen molar-refractivity contribution < 1.29 is 0 Å². The molecule has 2 heterocycles. The van der Waals surface area contributed by atoms with Crippen molar-refractivity contribution in [2.75, 3.05) is 19.6 Å². The Morgan fingerprint density at radius 2 is 2.05 bits per heavy atom. The molecule has 108 valence electrons. The first kappa shape index (κ1) is 14.5. The maximum Gasteiger partial charge on any atom is 0.0951 e. The second kappa shape index (κ2) is 6.53. The van der Waals surface area contributed by atoms with Crippen LogP contribution in [-0.4, -0.2) is 34.1 Å². The molecule has 4 nitrogen and oxygen atoms in total. The molecule has 2 rings (SSSR count). The molecule has 0 spiro atoms. The molecule has 1 aromatic heterocycles. The summed E-state index contributed by atoms with van der Waals surface area (Å²) >= 11 is 0. The van der Waals surface area contributed by atoms with Crippen LogP contribution in [-0.2, 0) is 0 Å². The molecule has 0 aliphatic carbocycles. The van der Waals surface area contributed by atoms with Gasteiger partial charge in [-0.2, -0.15) is 0 Å². The largest absolute Gasteiger partial charge is 0.330 e. The number of rotatable bonds is 5. The van der Waals surface area contributed by atoms with E-state index in [-0.39, 0.29) is 6.04 Å². The van der Waals surface area contributed by atoms with Crippen molar-refractivity contribution in [3.05, 3.63) is 18.2 Å². The summed E-state index contributed by atoms with van der Waals surface area (Å²) in [4.78, 5) is 6.89. The highest BCUT2D eigenvalue weighted by Crippen LogP contribution is 2.27. The van der Waals surface area contributed by atoms with E-state index in [4.69, 9.17) is 5.73 Å². The quantitative estimate of drug-likeness (QED) is 0.889. The number of aromatic nitrogens is 2. The molecular weight excluding hydrogens is 236 g/mol. The Morgan fingerprint density at radius 1 is 1.37 bits per heavy atom. The van der Waals surface area contributed by atoms with E-state index < -0.39 is 0 Å². The van der Waals surface area contributed by atoms with E-state index in [1.54, 1.807) is 0 Å². The number of hydrogen-bond acceptors (Lipinski definition) is 3. The van der Waals surface area contributed by atoms with Gasteiger partial charge >= 0.3 is 0 Å². The van der Waals surface area contributed by atoms with Crippen LogP contribution >= 0.6 is 0 Å². The van der Waals surface area contributed by atoms with Crippen LogP contribution in [0.5, 0.6) is 0 Å². The highest BCUT2D eigenvalue weighted by atomic mass is 15.2. The normalized spacial score (nSPS) is 20.1. The Kier molecular flexibility index (Phi) is 4.99. The molecule has 1 atom stereocenters. The number of imidazole rings is 1. The summed E-state index contributed by atoms with van der Waals surface area (Å²) in [7, 11) is 0. The van der Waals surface area contributed by atoms with Crippen LogP contribution in [0.3, 0.4) is 0 Å². The molecule has 0 aromatic carbocycles. The van der Waals surface area contributed by atoms with Crippen LogP contribution in [0.2, 0.25) is 0 Å². The van der Waals surface area contributed by atoms with Gasteiger partial charge < -0.3 is 15.2 Å². The summed E-state index contributed by atoms with van der Waals surface area (Å²) in [6.07, 6.45) is 7.60. The molecule has 0 radical (unpaired) electrons. The van der Waals surface area contributed by atoms with Crippen LogP contribution in [0.1, 0.15) is 57.8 Å². The molecule has 0 bridgehead atoms. The van der Waals surface area contributed by atoms with Gasteiger partial charge in [-0.1, -0.05) is 20.8 Å². The molecule has 1 unspecified atom stereocenters. The van der Waals surface area contributed by atoms with E-state index in [9.17, 15) is 0 Å². The van der Waals surface area contributed by atoms with E-state index in [1.807, 2.05) is 12.5 Å². The van der Waals surface area contributed by atoms with Gasteiger partial charge in [-0.25, -0.2) is 4.98 Å². The Morgan fingerprint density at radius 3 is 2.63 bits per heavy atom. The Balaban J connectivity index is 2.02. The second-order valence-electron chi connectivity index (χ2n) is 6.07. The van der Waals surface area contributed by atoms with Crippen molar-refractivity contribution in [3.8, 4) is 0 Å². The molecule has 19 heavy (non-hydrogen) atoms. The van der Waals surface area contributed by atoms with E-state index in [1.165, 1.54) is 44.6 Å². The summed E-state index contributed by atoms with van der Waals surface area (Å²) in [6, 6.07) is 0.673. The third-order valence-electron chi connectivity index (χ3n) is 4.25. The highest BCUT2D eigenvalue weighted by Gasteiger charge is 2.24. The fourth-order valence-corrected chi connectivity index (χ4v) is 2.96. The van der Waals surface area contributed by atoms with Crippen LogP contribution < -0.4 is 5.73 Å². The summed E-state index contributed by atoms with van der Waals surface area (Å²) in [5.41, 5.74) is 7.49. The predicted octanol–water partition coefficient (Wildman–Crippen LogP) is 2.59. The number of likely N-dealkylation sites (tertiary alicyclic amines) is 1. The van der Waals surface area contributed by atoms with Gasteiger partial charge in [0.05, 0.1) is 12.0 Å². The molecular formula is C15H28N4. The molecule has 1 saturated heterocycles. The zero-order valence-corrected chi connectivity index (χ0v) is 12.5. The minimum absolute atomic E-state index is 0.0937. The average molecular weight is 264 g/mol. The third kappa shape index (κ3) is 3.37. The topological polar surface area (TPSA) is 47.1 Å². The van der Waals surface area contributed by atoms with Crippen LogP contribution in [0, 0.1) is 5.92 Å². The Hall–Kier alpha value is -0.870. The second-order valence-corrected chi connectivity index (χ2v) is 6.07. The molecule has 1 aromatic rings. The first-order valence-corrected chi connectivity index (χ1v) is 7.63. The fraction of sp³-hybridized carbons (Fsp3) is 0.800. The van der Waals surface area contributed by atoms with E-state index >= 15 is 0 Å². The fourth-order valence-electron chi connectivity index (χ4n) is 2.96. The Labute approximate surface area is 117 Å². The van der Waals surface area contributed by atoms with Gasteiger partial charge in [-0.15, -0.1) is 0 Å². The highest BCUT2D eigenvalue weighted by molar-refractivity contribution is 5.07. The van der Waals surface area contributed by atoms with Gasteiger partial charge in [0.25, 0.3) is 0 Å². The van der Waals surface area contributed by atoms with Gasteiger partial charge in [-0.05, 0) is 31.7 Å². The number of hydrogen-bond donors (Lipinski definition) is 1. The van der Waals surface area contributed by atoms with E-state index in [2.05, 4.69) is 35.2 Å². The number of nitrogens with two attached hydrogens (primary N) is 1. The predicted molar refractivity (Wildman–Crippen MR) is 79.0 cm³/mol. The minimum Gasteiger partial charge on any atom is -0.330 e. The Bertz CT molecular complexity index is 377. The van der Waals surface area contributed by atoms with Gasteiger partial charge in [0.2, 0.25) is 0 Å². The molecule has 1 fully saturated rings. The lowest BCUT2D eigenvalue weighted by molar-refractivity contribution is 0.184. The number of piperidine rings is 1. The maximum absolute atomic E-state index is 6.29. The summed E-state index contributed by atoms with van der Waals surface area (Å²) in [5.74, 6) is 0.454. The lowest BCUT2D eigenvalue weighted by Gasteiger charge is -2.33. The lowest BCUT2D eigenvalue weighted by atomic mass is 10.00. The van der Waals surface area contributed by atoms with Crippen LogP contribution in [0.4, 0.5) is 0 Å². The standard InChI is InChI=1S/C15H28N4/c1-4-7-18-8-5-13(6-9-18)19-11-17-10-14(19)15(16)12(2)3/h10-13,15H,4-9,16H2,1-3H3. The summed E-state index contributed by atoms with van der Waals surface area (Å²) < 4.78 is 2.33.